The molecule has 116 heavy (non-hydrogen) atoms. The summed E-state index contributed by atoms with van der Waals surface area (Å²) in [5.74, 6) is -9.97. The van der Waals surface area contributed by atoms with Crippen molar-refractivity contribution in [3.05, 3.63) is 131 Å². The Kier molecular flexibility index (Phi) is 37.6. The molecule has 2 bridgehead atoms. The SMILES string of the molecule is CCCCCCCC/C=C/CCCCCCCC(=O)OC[C@H](COP(=O)([O-])OCC[N+](C)(C)C)OC(=O)CCCCCCCCCCNC(=O)CCC(=O)O[C@@H](C(=O)O[C@H]1C[C@@]2(O)[C@@H](OC(=O)c3ccccc3)[C@@H]3[C@]4(OC(C)=O)CO[C@@H]4C[C@H](O)[C@@]3(C)C(=O)[C@H](OC(C)=O)C(=C1C)C2(C)C)[C@@H](NC(=O)c1ccccc1)c1ccccc1. The molecule has 13 atom stereocenters. The highest BCUT2D eigenvalue weighted by atomic mass is 31.2. The van der Waals surface area contributed by atoms with Crippen LogP contribution in [-0.4, -0.2) is 189 Å². The van der Waals surface area contributed by atoms with Crippen LogP contribution in [0, 0.1) is 16.7 Å². The Labute approximate surface area is 683 Å². The molecule has 3 aromatic carbocycles. The van der Waals surface area contributed by atoms with E-state index in [1.807, 2.05) is 21.1 Å². The highest BCUT2D eigenvalue weighted by molar-refractivity contribution is 7.45. The van der Waals surface area contributed by atoms with Crippen LogP contribution in [0.25, 0.3) is 0 Å². The van der Waals surface area contributed by atoms with E-state index in [4.69, 9.17) is 46.9 Å². The van der Waals surface area contributed by atoms with Gasteiger partial charge in [0.15, 0.2) is 23.6 Å². The number of amides is 2. The molecule has 7 rings (SSSR count). The average Bonchev–Trinajstić information content (AvgIpc) is 0.668. The van der Waals surface area contributed by atoms with Gasteiger partial charge in [0, 0.05) is 63.5 Å². The van der Waals surface area contributed by atoms with Gasteiger partial charge in [-0.15, -0.1) is 0 Å². The fourth-order valence-electron chi connectivity index (χ4n) is 16.1. The van der Waals surface area contributed by atoms with Crippen LogP contribution in [0.3, 0.4) is 0 Å². The lowest BCUT2D eigenvalue weighted by atomic mass is 9.44. The number of ether oxygens (including phenoxy) is 8. The Morgan fingerprint density at radius 3 is 1.78 bits per heavy atom. The standard InChI is InChI=1S/C88H126N3O24P/c1-11-12-13-14-15-16-17-18-19-20-21-22-25-28-40-49-72(96)106-58-67(59-109-116(104,105)108-55-54-91(8,9)10)111-73(97)50-41-29-26-23-24-27-30-42-53-89-71(95)51-52-74(98)113-78(76(64-43-34-31-35-44-64)90-82(100)65-45-36-32-37-46-65)84(102)112-68-57-88(103)81(114-83(101)66-47-38-33-39-48-66)79-86(7,69(94)56-70-87(79,60-107-70)115-63(4)93)80(99)77(110-62(3)92)75(61(68)2)85(88,5)6/h18-19,31-39,43-48,67-70,76-79,81,94,103H,11-17,20-30,40-42,49-60H2,1-10H3,(H2-,89,90,95,100,104,105)/b19-18+/t67-,68+,69+,70-,76+,77-,78-,79+,81+,86-,87+,88-/m1/s1. The number of likely N-dealkylation sites (N-methyl/N-ethyl adjacent to an activating group) is 1. The first kappa shape index (κ1) is 95.1. The van der Waals surface area contributed by atoms with Crippen molar-refractivity contribution in [1.82, 2.24) is 10.6 Å². The zero-order valence-electron chi connectivity index (χ0n) is 69.6. The van der Waals surface area contributed by atoms with Gasteiger partial charge in [0.25, 0.3) is 13.7 Å². The molecule has 2 amide bonds. The van der Waals surface area contributed by atoms with E-state index in [-0.39, 0.29) is 79.9 Å². The number of carbonyl (C=O) groups excluding carboxylic acids is 10. The smallest absolute Gasteiger partial charge is 0.350 e. The second-order valence-corrected chi connectivity index (χ2v) is 34.4. The lowest BCUT2D eigenvalue weighted by molar-refractivity contribution is -0.870. The number of unbranched alkanes of at least 4 members (excludes halogenated alkanes) is 18. The molecule has 1 aliphatic heterocycles. The maximum atomic E-state index is 16.0. The van der Waals surface area contributed by atoms with Crippen LogP contribution in [-0.2, 0) is 89.9 Å². The van der Waals surface area contributed by atoms with Crippen molar-refractivity contribution in [2.75, 3.05) is 60.7 Å². The molecule has 4 N–H and O–H groups in total. The van der Waals surface area contributed by atoms with Crippen molar-refractivity contribution in [3.8, 4) is 0 Å². The summed E-state index contributed by atoms with van der Waals surface area (Å²) in [6.07, 6.45) is 11.8. The molecular formula is C88H126N3O24P. The number of phosphoric acid groups is 1. The summed E-state index contributed by atoms with van der Waals surface area (Å²) >= 11 is 0. The number of benzene rings is 3. The summed E-state index contributed by atoms with van der Waals surface area (Å²) in [5.41, 5.74) is -7.92. The molecule has 1 unspecified atom stereocenters. The minimum Gasteiger partial charge on any atom is -0.756 e. The third kappa shape index (κ3) is 27.5. The highest BCUT2D eigenvalue weighted by Gasteiger charge is 2.78. The molecule has 0 radical (unpaired) electrons. The van der Waals surface area contributed by atoms with E-state index in [2.05, 4.69) is 29.7 Å². The number of nitrogens with one attached hydrogen (secondary N) is 2. The quantitative estimate of drug-likeness (QED) is 0.0102. The average molecular weight is 1640 g/mol. The first-order valence-corrected chi connectivity index (χ1v) is 43.0. The maximum absolute atomic E-state index is 16.0. The summed E-state index contributed by atoms with van der Waals surface area (Å²) in [5, 5.41) is 32.2. The van der Waals surface area contributed by atoms with Crippen molar-refractivity contribution in [1.29, 1.82) is 0 Å². The number of rotatable bonds is 50. The number of quaternary nitrogens is 1. The third-order valence-corrected chi connectivity index (χ3v) is 23.7. The first-order chi connectivity index (χ1) is 55.2. The number of fused-ring (bicyclic) bond motifs is 5. The van der Waals surface area contributed by atoms with Crippen LogP contribution in [0.15, 0.2) is 114 Å². The summed E-state index contributed by atoms with van der Waals surface area (Å²) < 4.78 is 71.5. The van der Waals surface area contributed by atoms with Gasteiger partial charge in [0.1, 0.15) is 49.7 Å². The molecular weight excluding hydrogens is 1510 g/mol. The fourth-order valence-corrected chi connectivity index (χ4v) is 16.8. The van der Waals surface area contributed by atoms with E-state index < -0.39 is 163 Å². The van der Waals surface area contributed by atoms with Gasteiger partial charge >= 0.3 is 41.8 Å². The van der Waals surface area contributed by atoms with Crippen molar-refractivity contribution >= 4 is 67.2 Å². The number of allylic oxidation sites excluding steroid dienone is 2. The van der Waals surface area contributed by atoms with Crippen LogP contribution in [0.1, 0.15) is 254 Å². The van der Waals surface area contributed by atoms with Gasteiger partial charge in [0.05, 0.1) is 63.8 Å². The second-order valence-electron chi connectivity index (χ2n) is 33.0. The minimum atomic E-state index is -4.78. The number of hydrogen-bond donors (Lipinski definition) is 4. The van der Waals surface area contributed by atoms with E-state index in [0.717, 1.165) is 84.5 Å². The molecule has 28 heteroatoms. The van der Waals surface area contributed by atoms with Gasteiger partial charge < -0.3 is 77.2 Å². The number of carbonyl (C=O) groups is 10. The number of aliphatic hydroxyl groups excluding tert-OH is 1. The number of hydrogen-bond acceptors (Lipinski definition) is 24. The number of aliphatic hydroxyl groups is 2. The van der Waals surface area contributed by atoms with Crippen molar-refractivity contribution in [3.63, 3.8) is 0 Å². The molecule has 3 fully saturated rings. The Hall–Kier alpha value is -8.01. The maximum Gasteiger partial charge on any atom is 0.350 e. The third-order valence-electron chi connectivity index (χ3n) is 22.7. The van der Waals surface area contributed by atoms with Gasteiger partial charge in [-0.05, 0) is 99.8 Å². The lowest BCUT2D eigenvalue weighted by Crippen LogP contribution is -2.82. The molecule has 1 heterocycles. The normalized spacial score (nSPS) is 23.4. The number of Topliss-reactive ketones (excluding diaryl/α,β-unsaturated/α-hetero) is 1. The first-order valence-electron chi connectivity index (χ1n) is 41.6. The van der Waals surface area contributed by atoms with Crippen molar-refractivity contribution in [2.24, 2.45) is 16.7 Å². The monoisotopic (exact) mass is 1640 g/mol. The molecule has 1 saturated heterocycles. The highest BCUT2D eigenvalue weighted by Crippen LogP contribution is 2.65. The minimum absolute atomic E-state index is 0.0125. The van der Waals surface area contributed by atoms with Gasteiger partial charge in [-0.25, -0.2) is 9.59 Å². The molecule has 642 valence electrons. The number of phosphoric ester groups is 1. The number of ketones is 1. The summed E-state index contributed by atoms with van der Waals surface area (Å²) in [6.45, 7) is 9.54. The van der Waals surface area contributed by atoms with Gasteiger partial charge in [-0.3, -0.25) is 42.9 Å². The van der Waals surface area contributed by atoms with Crippen LogP contribution in [0.4, 0.5) is 0 Å². The Bertz CT molecular complexity index is 3830. The molecule has 27 nitrogen and oxygen atoms in total. The molecule has 4 aliphatic rings. The predicted molar refractivity (Wildman–Crippen MR) is 428 cm³/mol. The van der Waals surface area contributed by atoms with Crippen molar-refractivity contribution < 1.29 is 119 Å². The van der Waals surface area contributed by atoms with Crippen LogP contribution >= 0.6 is 7.82 Å². The van der Waals surface area contributed by atoms with Gasteiger partial charge in [-0.2, -0.15) is 0 Å². The van der Waals surface area contributed by atoms with E-state index >= 15 is 9.59 Å². The van der Waals surface area contributed by atoms with Crippen LogP contribution in [0.5, 0.6) is 0 Å². The zero-order valence-corrected chi connectivity index (χ0v) is 70.5. The predicted octanol–water partition coefficient (Wildman–Crippen LogP) is 12.4. The lowest BCUT2D eigenvalue weighted by Gasteiger charge is -2.67. The van der Waals surface area contributed by atoms with E-state index in [1.165, 1.54) is 90.5 Å². The largest absolute Gasteiger partial charge is 0.756 e. The number of nitrogens with zero attached hydrogens (tertiary/aromatic N) is 1. The summed E-state index contributed by atoms with van der Waals surface area (Å²) in [4.78, 5) is 153. The van der Waals surface area contributed by atoms with E-state index in [1.54, 1.807) is 66.7 Å². The summed E-state index contributed by atoms with van der Waals surface area (Å²) in [6, 6.07) is 22.3. The molecule has 2 saturated carbocycles. The fraction of sp³-hybridized carbons (Fsp3) is 0.636. The second kappa shape index (κ2) is 45.8. The Morgan fingerprint density at radius 1 is 0.664 bits per heavy atom. The van der Waals surface area contributed by atoms with E-state index in [0.29, 0.717) is 36.7 Å². The molecule has 3 aliphatic carbocycles. The van der Waals surface area contributed by atoms with Crippen LogP contribution in [0.2, 0.25) is 0 Å². The Morgan fingerprint density at radius 2 is 1.22 bits per heavy atom. The van der Waals surface area contributed by atoms with E-state index in [9.17, 15) is 58.0 Å². The molecule has 3 aromatic rings. The van der Waals surface area contributed by atoms with Gasteiger partial charge in [-0.1, -0.05) is 190 Å². The molecule has 0 aromatic heterocycles. The zero-order chi connectivity index (χ0) is 84.7. The van der Waals surface area contributed by atoms with Crippen LogP contribution < -0.4 is 15.5 Å². The summed E-state index contributed by atoms with van der Waals surface area (Å²) in [7, 11) is 0.873. The topological polar surface area (TPSA) is 368 Å². The number of esters is 7. The van der Waals surface area contributed by atoms with Crippen molar-refractivity contribution in [2.45, 2.75) is 282 Å². The van der Waals surface area contributed by atoms with Gasteiger partial charge in [0.2, 0.25) is 12.0 Å². The Balaban J connectivity index is 0.945. The molecule has 0 spiro atoms.